The number of piperidine rings is 1. The molecule has 1 aliphatic heterocycles. The molecule has 1 aromatic heterocycles. The zero-order valence-electron chi connectivity index (χ0n) is 14.2. The Morgan fingerprint density at radius 2 is 2.12 bits per heavy atom. The van der Waals surface area contributed by atoms with Crippen LogP contribution < -0.4 is 0 Å². The summed E-state index contributed by atoms with van der Waals surface area (Å²) in [5, 5.41) is 9.63. The lowest BCUT2D eigenvalue weighted by molar-refractivity contribution is -0.136. The van der Waals surface area contributed by atoms with Crippen LogP contribution in [-0.4, -0.2) is 40.1 Å². The molecule has 1 saturated heterocycles. The average Bonchev–Trinajstić information content (AvgIpc) is 2.96. The van der Waals surface area contributed by atoms with Crippen molar-refractivity contribution in [3.8, 4) is 11.5 Å². The zero-order chi connectivity index (χ0) is 17.1. The number of carbonyl (C=O) groups is 1. The Labute approximate surface area is 142 Å². The van der Waals surface area contributed by atoms with E-state index in [9.17, 15) is 9.90 Å². The molecular weight excluding hydrogens is 304 g/mol. The van der Waals surface area contributed by atoms with Crippen LogP contribution in [0.4, 0.5) is 0 Å². The number of aliphatic hydroxyl groups excluding tert-OH is 1. The standard InChI is InChI=1S/C19H24N2O3/c1-13-7-6-10-21(17(13)12-22)18(23)11-16-14(2)24-19(20-16)15-8-4-3-5-9-15/h3-5,8-9,13,17,22H,6-7,10-12H2,1-2H3. The predicted molar refractivity (Wildman–Crippen MR) is 91.4 cm³/mol. The maximum Gasteiger partial charge on any atom is 0.229 e. The van der Waals surface area contributed by atoms with Crippen LogP contribution in [0.2, 0.25) is 0 Å². The van der Waals surface area contributed by atoms with Gasteiger partial charge in [-0.1, -0.05) is 25.1 Å². The molecule has 0 aliphatic carbocycles. The van der Waals surface area contributed by atoms with E-state index in [1.54, 1.807) is 0 Å². The fourth-order valence-electron chi connectivity index (χ4n) is 3.38. The maximum absolute atomic E-state index is 12.7. The van der Waals surface area contributed by atoms with Gasteiger partial charge in [0.15, 0.2) is 0 Å². The molecule has 1 amide bonds. The first-order chi connectivity index (χ1) is 11.6. The number of amides is 1. The van der Waals surface area contributed by atoms with E-state index in [-0.39, 0.29) is 25.0 Å². The lowest BCUT2D eigenvalue weighted by atomic mass is 9.91. The Balaban J connectivity index is 1.76. The molecule has 24 heavy (non-hydrogen) atoms. The van der Waals surface area contributed by atoms with Gasteiger partial charge in [-0.25, -0.2) is 4.98 Å². The lowest BCUT2D eigenvalue weighted by Gasteiger charge is -2.39. The van der Waals surface area contributed by atoms with Crippen LogP contribution in [0.1, 0.15) is 31.2 Å². The van der Waals surface area contributed by atoms with Crippen molar-refractivity contribution in [2.45, 2.75) is 39.2 Å². The molecule has 2 aromatic rings. The normalized spacial score (nSPS) is 21.0. The van der Waals surface area contributed by atoms with E-state index in [2.05, 4.69) is 11.9 Å². The molecule has 5 nitrogen and oxygen atoms in total. The molecule has 2 heterocycles. The van der Waals surface area contributed by atoms with Gasteiger partial charge in [0.2, 0.25) is 11.8 Å². The highest BCUT2D eigenvalue weighted by atomic mass is 16.4. The van der Waals surface area contributed by atoms with Crippen molar-refractivity contribution in [3.63, 3.8) is 0 Å². The number of benzene rings is 1. The van der Waals surface area contributed by atoms with Gasteiger partial charge < -0.3 is 14.4 Å². The average molecular weight is 328 g/mol. The van der Waals surface area contributed by atoms with E-state index < -0.39 is 0 Å². The van der Waals surface area contributed by atoms with Crippen molar-refractivity contribution in [1.29, 1.82) is 0 Å². The smallest absolute Gasteiger partial charge is 0.229 e. The molecule has 2 unspecified atom stereocenters. The summed E-state index contributed by atoms with van der Waals surface area (Å²) in [5.74, 6) is 1.55. The second kappa shape index (κ2) is 7.18. The van der Waals surface area contributed by atoms with Gasteiger partial charge in [-0.05, 0) is 37.8 Å². The van der Waals surface area contributed by atoms with Gasteiger partial charge in [0.1, 0.15) is 5.76 Å². The van der Waals surface area contributed by atoms with E-state index >= 15 is 0 Å². The van der Waals surface area contributed by atoms with Crippen LogP contribution in [0.5, 0.6) is 0 Å². The maximum atomic E-state index is 12.7. The first-order valence-electron chi connectivity index (χ1n) is 8.52. The van der Waals surface area contributed by atoms with Gasteiger partial charge in [-0.2, -0.15) is 0 Å². The Morgan fingerprint density at radius 1 is 1.38 bits per heavy atom. The number of hydrogen-bond donors (Lipinski definition) is 1. The van der Waals surface area contributed by atoms with Gasteiger partial charge in [0.05, 0.1) is 24.8 Å². The van der Waals surface area contributed by atoms with Gasteiger partial charge >= 0.3 is 0 Å². The Bertz CT molecular complexity index is 696. The summed E-state index contributed by atoms with van der Waals surface area (Å²) in [5.41, 5.74) is 1.58. The van der Waals surface area contributed by atoms with E-state index in [4.69, 9.17) is 4.42 Å². The third kappa shape index (κ3) is 3.36. The highest BCUT2D eigenvalue weighted by Gasteiger charge is 2.31. The summed E-state index contributed by atoms with van der Waals surface area (Å²) in [6.45, 7) is 4.65. The highest BCUT2D eigenvalue weighted by molar-refractivity contribution is 5.79. The summed E-state index contributed by atoms with van der Waals surface area (Å²) in [4.78, 5) is 19.0. The molecule has 5 heteroatoms. The van der Waals surface area contributed by atoms with Crippen LogP contribution in [0.3, 0.4) is 0 Å². The second-order valence-electron chi connectivity index (χ2n) is 6.52. The molecule has 0 spiro atoms. The highest BCUT2D eigenvalue weighted by Crippen LogP contribution is 2.25. The number of oxazole rings is 1. The van der Waals surface area contributed by atoms with E-state index in [1.165, 1.54) is 0 Å². The summed E-state index contributed by atoms with van der Waals surface area (Å²) in [7, 11) is 0. The van der Waals surface area contributed by atoms with Crippen molar-refractivity contribution in [2.75, 3.05) is 13.2 Å². The van der Waals surface area contributed by atoms with Crippen LogP contribution >= 0.6 is 0 Å². The molecule has 1 fully saturated rings. The largest absolute Gasteiger partial charge is 0.441 e. The Hall–Kier alpha value is -2.14. The quantitative estimate of drug-likeness (QED) is 0.937. The number of aromatic nitrogens is 1. The molecule has 0 saturated carbocycles. The van der Waals surface area contributed by atoms with Crippen molar-refractivity contribution >= 4 is 5.91 Å². The number of carbonyl (C=O) groups excluding carboxylic acids is 1. The van der Waals surface area contributed by atoms with Crippen LogP contribution in [0, 0.1) is 12.8 Å². The third-order valence-electron chi connectivity index (χ3n) is 4.86. The number of hydrogen-bond acceptors (Lipinski definition) is 4. The molecule has 2 atom stereocenters. The minimum absolute atomic E-state index is 0.0108. The van der Waals surface area contributed by atoms with E-state index in [0.717, 1.165) is 18.4 Å². The summed E-state index contributed by atoms with van der Waals surface area (Å²) in [6.07, 6.45) is 2.25. The van der Waals surface area contributed by atoms with E-state index in [1.807, 2.05) is 42.2 Å². The number of aliphatic hydroxyl groups is 1. The van der Waals surface area contributed by atoms with Gasteiger partial charge in [0.25, 0.3) is 0 Å². The number of rotatable bonds is 4. The number of likely N-dealkylation sites (tertiary alicyclic amines) is 1. The molecule has 1 aromatic carbocycles. The molecule has 1 N–H and O–H groups in total. The van der Waals surface area contributed by atoms with Crippen LogP contribution in [-0.2, 0) is 11.2 Å². The molecule has 0 bridgehead atoms. The van der Waals surface area contributed by atoms with Crippen LogP contribution in [0.15, 0.2) is 34.7 Å². The second-order valence-corrected chi connectivity index (χ2v) is 6.52. The number of nitrogens with zero attached hydrogens (tertiary/aromatic N) is 2. The molecule has 128 valence electrons. The molecule has 1 aliphatic rings. The van der Waals surface area contributed by atoms with Crippen molar-refractivity contribution < 1.29 is 14.3 Å². The molecule has 0 radical (unpaired) electrons. The zero-order valence-corrected chi connectivity index (χ0v) is 14.2. The van der Waals surface area contributed by atoms with Gasteiger partial charge in [-0.3, -0.25) is 4.79 Å². The molecular formula is C19H24N2O3. The number of aryl methyl sites for hydroxylation is 1. The van der Waals surface area contributed by atoms with Gasteiger partial charge in [0, 0.05) is 12.1 Å². The minimum Gasteiger partial charge on any atom is -0.441 e. The fraction of sp³-hybridized carbons (Fsp3) is 0.474. The van der Waals surface area contributed by atoms with E-state index in [0.29, 0.717) is 29.8 Å². The van der Waals surface area contributed by atoms with Crippen molar-refractivity contribution in [3.05, 3.63) is 41.8 Å². The summed E-state index contributed by atoms with van der Waals surface area (Å²) < 4.78 is 5.73. The van der Waals surface area contributed by atoms with Crippen molar-refractivity contribution in [2.24, 2.45) is 5.92 Å². The third-order valence-corrected chi connectivity index (χ3v) is 4.86. The summed E-state index contributed by atoms with van der Waals surface area (Å²) in [6, 6.07) is 9.58. The topological polar surface area (TPSA) is 66.6 Å². The first-order valence-corrected chi connectivity index (χ1v) is 8.52. The molecule has 3 rings (SSSR count). The SMILES string of the molecule is Cc1oc(-c2ccccc2)nc1CC(=O)N1CCCC(C)C1CO. The monoisotopic (exact) mass is 328 g/mol. The first kappa shape index (κ1) is 16.7. The fourth-order valence-corrected chi connectivity index (χ4v) is 3.38. The Morgan fingerprint density at radius 3 is 2.83 bits per heavy atom. The minimum atomic E-state index is -0.0907. The van der Waals surface area contributed by atoms with Crippen LogP contribution in [0.25, 0.3) is 11.5 Å². The lowest BCUT2D eigenvalue weighted by Crippen LogP contribution is -2.50. The van der Waals surface area contributed by atoms with Gasteiger partial charge in [-0.15, -0.1) is 0 Å². The predicted octanol–water partition coefficient (Wildman–Crippen LogP) is 2.81. The Kier molecular flexibility index (Phi) is 5.00. The summed E-state index contributed by atoms with van der Waals surface area (Å²) >= 11 is 0. The van der Waals surface area contributed by atoms with Crippen molar-refractivity contribution in [1.82, 2.24) is 9.88 Å².